The van der Waals surface area contributed by atoms with Crippen molar-refractivity contribution in [3.05, 3.63) is 53.1 Å². The summed E-state index contributed by atoms with van der Waals surface area (Å²) >= 11 is 6.07. The molecule has 4 nitrogen and oxygen atoms in total. The van der Waals surface area contributed by atoms with E-state index >= 15 is 0 Å². The van der Waals surface area contributed by atoms with Crippen LogP contribution in [0.15, 0.2) is 42.5 Å². The average Bonchev–Trinajstić information content (AvgIpc) is 2.81. The van der Waals surface area contributed by atoms with Gasteiger partial charge >= 0.3 is 0 Å². The third-order valence-corrected chi connectivity index (χ3v) is 5.27. The van der Waals surface area contributed by atoms with Crippen LogP contribution in [0.2, 0.25) is 5.02 Å². The summed E-state index contributed by atoms with van der Waals surface area (Å²) in [7, 11) is 2.19. The number of benzene rings is 2. The monoisotopic (exact) mass is 357 g/mol. The number of fused-ring (bicyclic) bond motifs is 1. The van der Waals surface area contributed by atoms with Crippen molar-refractivity contribution in [2.75, 3.05) is 56.2 Å². The van der Waals surface area contributed by atoms with Gasteiger partial charge in [0.15, 0.2) is 0 Å². The second kappa shape index (κ2) is 7.24. The topological polar surface area (TPSA) is 19.0 Å². The summed E-state index contributed by atoms with van der Waals surface area (Å²) in [5, 5.41) is 0.776. The molecule has 25 heavy (non-hydrogen) atoms. The van der Waals surface area contributed by atoms with E-state index in [0.29, 0.717) is 0 Å². The van der Waals surface area contributed by atoms with E-state index < -0.39 is 0 Å². The summed E-state index contributed by atoms with van der Waals surface area (Å²) in [4.78, 5) is 7.21. The summed E-state index contributed by atoms with van der Waals surface area (Å²) in [6.45, 7) is 6.54. The molecule has 5 heteroatoms. The molecule has 0 unspecified atom stereocenters. The molecule has 1 fully saturated rings. The van der Waals surface area contributed by atoms with E-state index in [1.54, 1.807) is 0 Å². The number of halogens is 1. The maximum Gasteiger partial charge on any atom is 0.0642 e. The number of hydrogen-bond donors (Lipinski definition) is 0. The van der Waals surface area contributed by atoms with Crippen LogP contribution in [-0.2, 0) is 11.3 Å². The first-order valence-corrected chi connectivity index (χ1v) is 9.26. The lowest BCUT2D eigenvalue weighted by Gasteiger charge is -2.30. The first kappa shape index (κ1) is 16.7. The zero-order valence-corrected chi connectivity index (χ0v) is 15.4. The van der Waals surface area contributed by atoms with Crippen molar-refractivity contribution in [1.29, 1.82) is 0 Å². The third kappa shape index (κ3) is 3.61. The molecule has 0 aromatic heterocycles. The fourth-order valence-electron chi connectivity index (χ4n) is 3.63. The number of ether oxygens (including phenoxy) is 1. The molecule has 0 radical (unpaired) electrons. The summed E-state index contributed by atoms with van der Waals surface area (Å²) < 4.78 is 5.49. The van der Waals surface area contributed by atoms with Gasteiger partial charge in [-0.3, -0.25) is 0 Å². The van der Waals surface area contributed by atoms with E-state index in [-0.39, 0.29) is 0 Å². The van der Waals surface area contributed by atoms with Gasteiger partial charge in [0.05, 0.1) is 13.2 Å². The minimum atomic E-state index is 0.776. The fourth-order valence-corrected chi connectivity index (χ4v) is 3.76. The first-order valence-electron chi connectivity index (χ1n) is 8.88. The van der Waals surface area contributed by atoms with Gasteiger partial charge < -0.3 is 19.4 Å². The molecule has 132 valence electrons. The Labute approximate surface area is 154 Å². The zero-order valence-electron chi connectivity index (χ0n) is 14.6. The molecule has 2 heterocycles. The predicted molar refractivity (Wildman–Crippen MR) is 104 cm³/mol. The quantitative estimate of drug-likeness (QED) is 0.814. The standard InChI is InChI=1S/C20H24ClN3O/c1-22-8-9-24(18-4-2-17(21)3-5-18)20-7-6-19(14-16(20)15-22)23-10-12-25-13-11-23/h2-7,14H,8-13,15H2,1H3. The molecule has 0 atom stereocenters. The highest BCUT2D eigenvalue weighted by atomic mass is 35.5. The molecule has 0 bridgehead atoms. The van der Waals surface area contributed by atoms with Crippen molar-refractivity contribution < 1.29 is 4.74 Å². The highest BCUT2D eigenvalue weighted by Crippen LogP contribution is 2.34. The largest absolute Gasteiger partial charge is 0.378 e. The second-order valence-electron chi connectivity index (χ2n) is 6.78. The molecule has 2 aromatic rings. The van der Waals surface area contributed by atoms with E-state index in [0.717, 1.165) is 51.0 Å². The molecule has 2 aliphatic heterocycles. The van der Waals surface area contributed by atoms with Gasteiger partial charge in [0, 0.05) is 54.8 Å². The normalized spacial score (nSPS) is 18.8. The van der Waals surface area contributed by atoms with Gasteiger partial charge in [-0.15, -0.1) is 0 Å². The van der Waals surface area contributed by atoms with E-state index in [4.69, 9.17) is 16.3 Å². The Kier molecular flexibility index (Phi) is 4.84. The zero-order chi connectivity index (χ0) is 17.2. The van der Waals surface area contributed by atoms with Gasteiger partial charge in [0.25, 0.3) is 0 Å². The van der Waals surface area contributed by atoms with Crippen LogP contribution >= 0.6 is 11.6 Å². The Morgan fingerprint density at radius 3 is 2.36 bits per heavy atom. The molecule has 2 aromatic carbocycles. The van der Waals surface area contributed by atoms with Crippen LogP contribution in [0.4, 0.5) is 17.1 Å². The number of hydrogen-bond acceptors (Lipinski definition) is 4. The number of likely N-dealkylation sites (N-methyl/N-ethyl adjacent to an activating group) is 1. The van der Waals surface area contributed by atoms with Crippen LogP contribution in [0.5, 0.6) is 0 Å². The maximum absolute atomic E-state index is 6.07. The molecule has 0 spiro atoms. The van der Waals surface area contributed by atoms with Gasteiger partial charge in [0.2, 0.25) is 0 Å². The van der Waals surface area contributed by atoms with Gasteiger partial charge in [-0.2, -0.15) is 0 Å². The minimum absolute atomic E-state index is 0.776. The van der Waals surface area contributed by atoms with Gasteiger partial charge in [-0.05, 0) is 55.1 Å². The Morgan fingerprint density at radius 1 is 0.880 bits per heavy atom. The molecular formula is C20H24ClN3O. The summed E-state index contributed by atoms with van der Waals surface area (Å²) in [5.74, 6) is 0. The number of nitrogens with zero attached hydrogens (tertiary/aromatic N) is 3. The highest BCUT2D eigenvalue weighted by molar-refractivity contribution is 6.30. The molecule has 0 amide bonds. The minimum Gasteiger partial charge on any atom is -0.378 e. The fraction of sp³-hybridized carbons (Fsp3) is 0.400. The number of rotatable bonds is 2. The Morgan fingerprint density at radius 2 is 1.60 bits per heavy atom. The summed E-state index contributed by atoms with van der Waals surface area (Å²) in [6.07, 6.45) is 0. The van der Waals surface area contributed by atoms with Crippen molar-refractivity contribution in [2.24, 2.45) is 0 Å². The lowest BCUT2D eigenvalue weighted by Crippen LogP contribution is -2.36. The van der Waals surface area contributed by atoms with Gasteiger partial charge in [-0.25, -0.2) is 0 Å². The molecule has 1 saturated heterocycles. The third-order valence-electron chi connectivity index (χ3n) is 5.01. The van der Waals surface area contributed by atoms with E-state index in [1.807, 2.05) is 12.1 Å². The maximum atomic E-state index is 6.07. The molecule has 0 saturated carbocycles. The lowest BCUT2D eigenvalue weighted by molar-refractivity contribution is 0.122. The smallest absolute Gasteiger partial charge is 0.0642 e. The van der Waals surface area contributed by atoms with Crippen LogP contribution < -0.4 is 9.80 Å². The van der Waals surface area contributed by atoms with Crippen molar-refractivity contribution in [3.8, 4) is 0 Å². The summed E-state index contributed by atoms with van der Waals surface area (Å²) in [6, 6.07) is 15.0. The van der Waals surface area contributed by atoms with Gasteiger partial charge in [0.1, 0.15) is 0 Å². The second-order valence-corrected chi connectivity index (χ2v) is 7.21. The molecule has 0 N–H and O–H groups in total. The van der Waals surface area contributed by atoms with Crippen LogP contribution in [-0.4, -0.2) is 51.3 Å². The Hall–Kier alpha value is -1.75. The van der Waals surface area contributed by atoms with E-state index in [9.17, 15) is 0 Å². The average molecular weight is 358 g/mol. The molecule has 2 aliphatic rings. The number of morpholine rings is 1. The van der Waals surface area contributed by atoms with E-state index in [2.05, 4.69) is 52.1 Å². The van der Waals surface area contributed by atoms with Crippen LogP contribution in [0.3, 0.4) is 0 Å². The van der Waals surface area contributed by atoms with Crippen molar-refractivity contribution >= 4 is 28.7 Å². The van der Waals surface area contributed by atoms with Crippen molar-refractivity contribution in [1.82, 2.24) is 4.90 Å². The molecule has 0 aliphatic carbocycles. The first-order chi connectivity index (χ1) is 12.2. The molecule has 4 rings (SSSR count). The van der Waals surface area contributed by atoms with Crippen molar-refractivity contribution in [2.45, 2.75) is 6.54 Å². The van der Waals surface area contributed by atoms with Crippen LogP contribution in [0, 0.1) is 0 Å². The Balaban J connectivity index is 1.69. The van der Waals surface area contributed by atoms with Gasteiger partial charge in [-0.1, -0.05) is 11.6 Å². The lowest BCUT2D eigenvalue weighted by atomic mass is 10.1. The van der Waals surface area contributed by atoms with Crippen LogP contribution in [0.1, 0.15) is 5.56 Å². The van der Waals surface area contributed by atoms with Crippen LogP contribution in [0.25, 0.3) is 0 Å². The molecular weight excluding hydrogens is 334 g/mol. The Bertz CT molecular complexity index is 728. The predicted octanol–water partition coefficient (Wildman–Crippen LogP) is 3.76. The summed E-state index contributed by atoms with van der Waals surface area (Å²) in [5.41, 5.74) is 5.16. The SMILES string of the molecule is CN1CCN(c2ccc(Cl)cc2)c2ccc(N3CCOCC3)cc2C1. The number of anilines is 3. The van der Waals surface area contributed by atoms with E-state index in [1.165, 1.54) is 22.6 Å². The van der Waals surface area contributed by atoms with Crippen molar-refractivity contribution in [3.63, 3.8) is 0 Å². The highest BCUT2D eigenvalue weighted by Gasteiger charge is 2.21.